The summed E-state index contributed by atoms with van der Waals surface area (Å²) in [5.74, 6) is -1.41. The molecular weight excluding hydrogens is 396 g/mol. The van der Waals surface area contributed by atoms with Gasteiger partial charge in [-0.3, -0.25) is 0 Å². The molecule has 0 fully saturated rings. The number of aliphatic imine (C=N–C) groups is 1. The second-order valence-corrected chi connectivity index (χ2v) is 7.59. The SMILES string of the molecule is CC.CSc1ccc(C(N)=NC(C(=O)O)C(C)O)nc1CNC(=O)OC(C)(C)C. The largest absolute Gasteiger partial charge is 0.480 e. The standard InChI is InChI=1S/C17H26N4O5S.C2H6/c1-9(22)13(15(23)24)21-14(18)10-6-7-12(27-5)11(20-10)8-19-16(25)26-17(2,3)4;1-2/h6-7,9,13,22H,8H2,1-5H3,(H2,18,21)(H,19,25)(H,23,24);1-2H3. The summed E-state index contributed by atoms with van der Waals surface area (Å²) >= 11 is 1.43. The first-order valence-corrected chi connectivity index (χ1v) is 10.4. The topological polar surface area (TPSA) is 147 Å². The average Bonchev–Trinajstić information content (AvgIpc) is 2.63. The summed E-state index contributed by atoms with van der Waals surface area (Å²) < 4.78 is 5.19. The van der Waals surface area contributed by atoms with Gasteiger partial charge in [0.2, 0.25) is 0 Å². The van der Waals surface area contributed by atoms with Gasteiger partial charge in [-0.25, -0.2) is 19.6 Å². The van der Waals surface area contributed by atoms with Gasteiger partial charge in [-0.15, -0.1) is 11.8 Å². The molecule has 0 radical (unpaired) electrons. The normalized spacial score (nSPS) is 13.6. The number of alkyl carbamates (subject to hydrolysis) is 1. The highest BCUT2D eigenvalue weighted by Gasteiger charge is 2.23. The van der Waals surface area contributed by atoms with Gasteiger partial charge in [0.1, 0.15) is 17.1 Å². The highest BCUT2D eigenvalue weighted by atomic mass is 32.2. The number of carboxylic acids is 1. The molecule has 1 aromatic rings. The van der Waals surface area contributed by atoms with Crippen LogP contribution in [-0.2, 0) is 16.1 Å². The molecule has 0 aliphatic heterocycles. The fourth-order valence-electron chi connectivity index (χ4n) is 2.00. The van der Waals surface area contributed by atoms with Crippen molar-refractivity contribution in [3.63, 3.8) is 0 Å². The Hall–Kier alpha value is -2.33. The zero-order chi connectivity index (χ0) is 22.8. The lowest BCUT2D eigenvalue weighted by Crippen LogP contribution is -2.33. The maximum absolute atomic E-state index is 11.8. The minimum absolute atomic E-state index is 0.102. The Morgan fingerprint density at radius 3 is 2.38 bits per heavy atom. The zero-order valence-corrected chi connectivity index (χ0v) is 18.8. The third kappa shape index (κ3) is 9.62. The molecule has 164 valence electrons. The van der Waals surface area contributed by atoms with E-state index in [1.54, 1.807) is 32.9 Å². The number of ether oxygens (including phenoxy) is 1. The number of carbonyl (C=O) groups is 2. The molecule has 29 heavy (non-hydrogen) atoms. The molecule has 0 saturated heterocycles. The average molecular weight is 429 g/mol. The van der Waals surface area contributed by atoms with Crippen LogP contribution < -0.4 is 11.1 Å². The van der Waals surface area contributed by atoms with E-state index >= 15 is 0 Å². The Morgan fingerprint density at radius 1 is 1.34 bits per heavy atom. The van der Waals surface area contributed by atoms with Gasteiger partial charge in [-0.05, 0) is 46.1 Å². The number of amides is 1. The van der Waals surface area contributed by atoms with Crippen molar-refractivity contribution in [3.8, 4) is 0 Å². The summed E-state index contributed by atoms with van der Waals surface area (Å²) in [5, 5.41) is 21.3. The first kappa shape index (κ1) is 26.7. The number of rotatable bonds is 7. The first-order chi connectivity index (χ1) is 13.4. The third-order valence-electron chi connectivity index (χ3n) is 3.20. The van der Waals surface area contributed by atoms with Crippen LogP contribution in [0, 0.1) is 0 Å². The number of hydrogen-bond donors (Lipinski definition) is 4. The zero-order valence-electron chi connectivity index (χ0n) is 18.0. The Bertz CT molecular complexity index is 717. The molecule has 1 aromatic heterocycles. The first-order valence-electron chi connectivity index (χ1n) is 9.20. The Morgan fingerprint density at radius 2 is 1.93 bits per heavy atom. The maximum Gasteiger partial charge on any atom is 0.407 e. The molecule has 5 N–H and O–H groups in total. The molecule has 2 unspecified atom stereocenters. The molecule has 0 bridgehead atoms. The fraction of sp³-hybridized carbons (Fsp3) is 0.579. The lowest BCUT2D eigenvalue weighted by molar-refractivity contribution is -0.140. The van der Waals surface area contributed by atoms with E-state index in [-0.39, 0.29) is 18.1 Å². The number of nitrogens with two attached hydrogens (primary N) is 1. The number of amidine groups is 1. The van der Waals surface area contributed by atoms with Gasteiger partial charge in [0, 0.05) is 4.90 Å². The highest BCUT2D eigenvalue weighted by molar-refractivity contribution is 7.98. The quantitative estimate of drug-likeness (QED) is 0.294. The molecule has 9 nitrogen and oxygen atoms in total. The molecule has 2 atom stereocenters. The minimum atomic E-state index is -1.39. The molecule has 0 aromatic carbocycles. The lowest BCUT2D eigenvalue weighted by atomic mass is 10.2. The van der Waals surface area contributed by atoms with Gasteiger partial charge >= 0.3 is 12.1 Å². The number of aromatic nitrogens is 1. The second kappa shape index (κ2) is 12.3. The fourth-order valence-corrected chi connectivity index (χ4v) is 2.56. The molecule has 10 heteroatoms. The summed E-state index contributed by atoms with van der Waals surface area (Å²) in [6.45, 7) is 10.7. The molecule has 0 aliphatic carbocycles. The third-order valence-corrected chi connectivity index (χ3v) is 4.01. The number of thioether (sulfide) groups is 1. The van der Waals surface area contributed by atoms with Crippen molar-refractivity contribution in [2.45, 2.75) is 70.7 Å². The van der Waals surface area contributed by atoms with Crippen LogP contribution in [0.25, 0.3) is 0 Å². The summed E-state index contributed by atoms with van der Waals surface area (Å²) in [4.78, 5) is 32.0. The molecule has 1 rings (SSSR count). The Labute approximate surface area is 176 Å². The number of carbonyl (C=O) groups excluding carboxylic acids is 1. The summed E-state index contributed by atoms with van der Waals surface area (Å²) in [7, 11) is 0. The maximum atomic E-state index is 11.8. The van der Waals surface area contributed by atoms with Crippen molar-refractivity contribution in [3.05, 3.63) is 23.5 Å². The number of aliphatic hydroxyl groups is 1. The van der Waals surface area contributed by atoms with E-state index in [1.165, 1.54) is 18.7 Å². The van der Waals surface area contributed by atoms with Crippen molar-refractivity contribution in [1.29, 1.82) is 0 Å². The van der Waals surface area contributed by atoms with Crippen LogP contribution in [-0.4, -0.2) is 57.1 Å². The summed E-state index contributed by atoms with van der Waals surface area (Å²) in [5.41, 5.74) is 6.03. The Kier molecular flexibility index (Phi) is 11.3. The van der Waals surface area contributed by atoms with Gasteiger partial charge in [0.25, 0.3) is 0 Å². The van der Waals surface area contributed by atoms with Gasteiger partial charge in [0.15, 0.2) is 6.04 Å². The van der Waals surface area contributed by atoms with Gasteiger partial charge < -0.3 is 26.0 Å². The van der Waals surface area contributed by atoms with Crippen molar-refractivity contribution in [2.75, 3.05) is 6.26 Å². The molecule has 0 spiro atoms. The van der Waals surface area contributed by atoms with E-state index in [1.807, 2.05) is 20.1 Å². The lowest BCUT2D eigenvalue weighted by Gasteiger charge is -2.20. The number of hydrogen-bond acceptors (Lipinski definition) is 7. The van der Waals surface area contributed by atoms with Crippen molar-refractivity contribution < 1.29 is 24.5 Å². The second-order valence-electron chi connectivity index (χ2n) is 6.74. The van der Waals surface area contributed by atoms with Crippen molar-refractivity contribution in [2.24, 2.45) is 10.7 Å². The molecular formula is C19H32N4O5S. The highest BCUT2D eigenvalue weighted by Crippen LogP contribution is 2.19. The predicted molar refractivity (Wildman–Crippen MR) is 114 cm³/mol. The Balaban J connectivity index is 0.00000379. The number of nitrogens with one attached hydrogen (secondary N) is 1. The number of aliphatic hydroxyl groups excluding tert-OH is 1. The van der Waals surface area contributed by atoms with E-state index in [0.29, 0.717) is 5.69 Å². The monoisotopic (exact) mass is 428 g/mol. The number of pyridine rings is 1. The van der Waals surface area contributed by atoms with Crippen LogP contribution in [0.1, 0.15) is 52.9 Å². The van der Waals surface area contributed by atoms with Crippen LogP contribution in [0.3, 0.4) is 0 Å². The van der Waals surface area contributed by atoms with Crippen molar-refractivity contribution in [1.82, 2.24) is 10.3 Å². The van der Waals surface area contributed by atoms with E-state index in [9.17, 15) is 14.7 Å². The van der Waals surface area contributed by atoms with Crippen molar-refractivity contribution >= 4 is 29.7 Å². The number of aliphatic carboxylic acids is 1. The minimum Gasteiger partial charge on any atom is -0.480 e. The smallest absolute Gasteiger partial charge is 0.407 e. The van der Waals surface area contributed by atoms with Gasteiger partial charge in [0.05, 0.1) is 18.3 Å². The van der Waals surface area contributed by atoms with Crippen LogP contribution in [0.4, 0.5) is 4.79 Å². The summed E-state index contributed by atoms with van der Waals surface area (Å²) in [6.07, 6.45) is 0.0715. The van der Waals surface area contributed by atoms with E-state index < -0.39 is 29.8 Å². The number of nitrogens with zero attached hydrogens (tertiary/aromatic N) is 2. The molecule has 1 amide bonds. The van der Waals surface area contributed by atoms with E-state index in [0.717, 1.165) is 4.90 Å². The van der Waals surface area contributed by atoms with Crippen LogP contribution in [0.15, 0.2) is 22.0 Å². The van der Waals surface area contributed by atoms with E-state index in [2.05, 4.69) is 15.3 Å². The van der Waals surface area contributed by atoms with E-state index in [4.69, 9.17) is 15.6 Å². The summed E-state index contributed by atoms with van der Waals surface area (Å²) in [6, 6.07) is 1.96. The van der Waals surface area contributed by atoms with Crippen LogP contribution in [0.2, 0.25) is 0 Å². The van der Waals surface area contributed by atoms with Crippen LogP contribution in [0.5, 0.6) is 0 Å². The molecule has 1 heterocycles. The molecule has 0 aliphatic rings. The molecule has 0 saturated carbocycles. The van der Waals surface area contributed by atoms with Gasteiger partial charge in [-0.1, -0.05) is 13.8 Å². The predicted octanol–water partition coefficient (Wildman–Crippen LogP) is 2.39. The number of carboxylic acid groups (broad SMARTS) is 1. The van der Waals surface area contributed by atoms with Gasteiger partial charge in [-0.2, -0.15) is 0 Å². The van der Waals surface area contributed by atoms with Crippen LogP contribution >= 0.6 is 11.8 Å².